The number of halogens is 2. The second kappa shape index (κ2) is 12.5. The van der Waals surface area contributed by atoms with Crippen LogP contribution in [0.1, 0.15) is 31.9 Å². The summed E-state index contributed by atoms with van der Waals surface area (Å²) in [6.45, 7) is 9.87. The molecular weight excluding hydrogens is 484 g/mol. The number of nitrogens with zero attached hydrogens (tertiary/aromatic N) is 1. The lowest BCUT2D eigenvalue weighted by Crippen LogP contribution is -2.33. The van der Waals surface area contributed by atoms with Gasteiger partial charge >= 0.3 is 0 Å². The lowest BCUT2D eigenvalue weighted by Gasteiger charge is -2.30. The molecule has 0 bridgehead atoms. The number of hydrogen-bond acceptors (Lipinski definition) is 4. The van der Waals surface area contributed by atoms with Crippen molar-refractivity contribution in [2.75, 3.05) is 4.90 Å². The summed E-state index contributed by atoms with van der Waals surface area (Å²) >= 11 is 0. The van der Waals surface area contributed by atoms with E-state index in [9.17, 15) is 23.5 Å². The molecule has 0 amide bonds. The topological polar surface area (TPSA) is 57.6 Å². The Morgan fingerprint density at radius 3 is 2.08 bits per heavy atom. The molecule has 38 heavy (non-hydrogen) atoms. The zero-order valence-corrected chi connectivity index (χ0v) is 21.3. The van der Waals surface area contributed by atoms with Gasteiger partial charge in [-0.2, -0.15) is 0 Å². The van der Waals surface area contributed by atoms with Gasteiger partial charge in [0, 0.05) is 17.4 Å². The molecule has 1 atom stereocenters. The fourth-order valence-electron chi connectivity index (χ4n) is 3.78. The lowest BCUT2D eigenvalue weighted by atomic mass is 10.0. The molecule has 192 valence electrons. The van der Waals surface area contributed by atoms with Crippen molar-refractivity contribution in [2.45, 2.75) is 26.8 Å². The maximum atomic E-state index is 14.8. The second-order valence-electron chi connectivity index (χ2n) is 8.34. The molecule has 0 saturated carbocycles. The zero-order chi connectivity index (χ0) is 27.8. The van der Waals surface area contributed by atoms with Crippen molar-refractivity contribution < 1.29 is 13.9 Å². The molecule has 0 aliphatic carbocycles. The van der Waals surface area contributed by atoms with Crippen molar-refractivity contribution in [1.82, 2.24) is 0 Å². The third kappa shape index (κ3) is 5.96. The van der Waals surface area contributed by atoms with Crippen LogP contribution < -0.4 is 15.8 Å². The molecule has 4 nitrogen and oxygen atoms in total. The Balaban J connectivity index is 1.96. The Hall–Kier alpha value is -4.76. The van der Waals surface area contributed by atoms with Crippen LogP contribution in [0.25, 0.3) is 11.1 Å². The normalized spacial score (nSPS) is 12.8. The van der Waals surface area contributed by atoms with Crippen LogP contribution in [-0.4, -0.2) is 11.1 Å². The van der Waals surface area contributed by atoms with E-state index in [2.05, 4.69) is 23.3 Å². The summed E-state index contributed by atoms with van der Waals surface area (Å²) in [5.74, 6) is 1.74. The van der Waals surface area contributed by atoms with Crippen LogP contribution in [-0.2, 0) is 0 Å². The number of aromatic hydroxyl groups is 1. The molecule has 1 N–H and O–H groups in total. The third-order valence-electron chi connectivity index (χ3n) is 5.77. The molecule has 0 heterocycles. The largest absolute Gasteiger partial charge is 0.503 e. The van der Waals surface area contributed by atoms with Crippen LogP contribution in [0.4, 0.5) is 14.5 Å². The highest BCUT2D eigenvalue weighted by molar-refractivity contribution is 5.69. The monoisotopic (exact) mass is 511 g/mol. The standard InChI is InChI=1S/C32H27F2NO3/c1-5-8-10-11-21(4)35(24(7-3)12-9-6-2)25-15-13-22(14-16-25)23-19-28(33)26(29(34)20-23)17-18-27-30(36)32(38)31(27)37/h5-16,19-21,36H,3H2,1-2,4H3. The van der Waals surface area contributed by atoms with Crippen LogP contribution in [0.2, 0.25) is 0 Å². The van der Waals surface area contributed by atoms with Gasteiger partial charge in [-0.3, -0.25) is 9.59 Å². The van der Waals surface area contributed by atoms with Gasteiger partial charge in [0.2, 0.25) is 5.43 Å². The molecule has 0 saturated heterocycles. The lowest BCUT2D eigenvalue weighted by molar-refractivity contribution is 0.461. The number of allylic oxidation sites excluding steroid dienone is 7. The highest BCUT2D eigenvalue weighted by atomic mass is 19.1. The minimum atomic E-state index is -1.06. The van der Waals surface area contributed by atoms with Gasteiger partial charge in [-0.1, -0.05) is 67.0 Å². The van der Waals surface area contributed by atoms with Crippen molar-refractivity contribution in [2.24, 2.45) is 0 Å². The minimum absolute atomic E-state index is 0.0216. The Kier molecular flexibility index (Phi) is 9.13. The van der Waals surface area contributed by atoms with Crippen LogP contribution in [0.3, 0.4) is 0 Å². The number of benzene rings is 2. The average molecular weight is 512 g/mol. The van der Waals surface area contributed by atoms with Crippen molar-refractivity contribution in [3.63, 3.8) is 0 Å². The van der Waals surface area contributed by atoms with Crippen LogP contribution in [0, 0.1) is 23.5 Å². The van der Waals surface area contributed by atoms with Crippen molar-refractivity contribution >= 4 is 5.69 Å². The molecule has 6 heteroatoms. The van der Waals surface area contributed by atoms with E-state index in [-0.39, 0.29) is 6.04 Å². The summed E-state index contributed by atoms with van der Waals surface area (Å²) in [6.07, 6.45) is 15.5. The summed E-state index contributed by atoms with van der Waals surface area (Å²) in [4.78, 5) is 24.6. The molecule has 0 fully saturated rings. The summed E-state index contributed by atoms with van der Waals surface area (Å²) in [5.41, 5.74) is -0.428. The van der Waals surface area contributed by atoms with Crippen molar-refractivity contribution in [3.05, 3.63) is 140 Å². The van der Waals surface area contributed by atoms with Crippen molar-refractivity contribution in [3.8, 4) is 28.7 Å². The maximum absolute atomic E-state index is 14.8. The van der Waals surface area contributed by atoms with Gasteiger partial charge in [-0.05, 0) is 68.3 Å². The Morgan fingerprint density at radius 2 is 1.53 bits per heavy atom. The van der Waals surface area contributed by atoms with Crippen molar-refractivity contribution in [1.29, 1.82) is 0 Å². The number of rotatable bonds is 8. The number of hydrogen-bond donors (Lipinski definition) is 1. The van der Waals surface area contributed by atoms with Gasteiger partial charge < -0.3 is 10.0 Å². The molecule has 0 aromatic heterocycles. The predicted molar refractivity (Wildman–Crippen MR) is 150 cm³/mol. The van der Waals surface area contributed by atoms with Crippen LogP contribution in [0.15, 0.2) is 107 Å². The molecule has 0 radical (unpaired) electrons. The van der Waals surface area contributed by atoms with E-state index in [1.54, 1.807) is 18.2 Å². The Labute approximate surface area is 220 Å². The molecule has 0 aliphatic rings. The van der Waals surface area contributed by atoms with Gasteiger partial charge in [-0.25, -0.2) is 8.78 Å². The van der Waals surface area contributed by atoms with Gasteiger partial charge in [0.1, 0.15) is 17.2 Å². The first-order valence-electron chi connectivity index (χ1n) is 11.9. The fourth-order valence-corrected chi connectivity index (χ4v) is 3.78. The quantitative estimate of drug-likeness (QED) is 0.219. The smallest absolute Gasteiger partial charge is 0.270 e. The van der Waals surface area contributed by atoms with Gasteiger partial charge in [0.15, 0.2) is 5.75 Å². The second-order valence-corrected chi connectivity index (χ2v) is 8.34. The van der Waals surface area contributed by atoms with E-state index in [4.69, 9.17) is 0 Å². The van der Waals surface area contributed by atoms with E-state index >= 15 is 0 Å². The molecule has 0 spiro atoms. The summed E-state index contributed by atoms with van der Waals surface area (Å²) < 4.78 is 29.5. The van der Waals surface area contributed by atoms with E-state index in [1.807, 2.05) is 75.4 Å². The van der Waals surface area contributed by atoms with E-state index in [0.29, 0.717) is 11.1 Å². The number of anilines is 1. The highest BCUT2D eigenvalue weighted by Gasteiger charge is 2.19. The van der Waals surface area contributed by atoms with E-state index < -0.39 is 39.4 Å². The molecule has 3 aromatic carbocycles. The van der Waals surface area contributed by atoms with E-state index in [1.165, 1.54) is 0 Å². The molecule has 1 unspecified atom stereocenters. The van der Waals surface area contributed by atoms with Crippen LogP contribution >= 0.6 is 0 Å². The van der Waals surface area contributed by atoms with Gasteiger partial charge in [0.25, 0.3) is 5.43 Å². The molecule has 0 aliphatic heterocycles. The zero-order valence-electron chi connectivity index (χ0n) is 21.3. The molecular formula is C32H27F2NO3. The fraction of sp³-hybridized carbons (Fsp3) is 0.125. The summed E-state index contributed by atoms with van der Waals surface area (Å²) in [5, 5.41) is 9.40. The third-order valence-corrected chi connectivity index (χ3v) is 5.77. The van der Waals surface area contributed by atoms with Crippen LogP contribution in [0.5, 0.6) is 5.75 Å². The Morgan fingerprint density at radius 1 is 0.921 bits per heavy atom. The maximum Gasteiger partial charge on any atom is 0.270 e. The highest BCUT2D eigenvalue weighted by Crippen LogP contribution is 2.29. The molecule has 3 aromatic rings. The average Bonchev–Trinajstić information content (AvgIpc) is 2.92. The molecule has 3 rings (SSSR count). The van der Waals surface area contributed by atoms with E-state index in [0.717, 1.165) is 23.5 Å². The van der Waals surface area contributed by atoms with Gasteiger partial charge in [0.05, 0.1) is 5.56 Å². The first-order valence-corrected chi connectivity index (χ1v) is 11.9. The predicted octanol–water partition coefficient (Wildman–Crippen LogP) is 6.31. The summed E-state index contributed by atoms with van der Waals surface area (Å²) in [6, 6.07) is 9.52. The first-order chi connectivity index (χ1) is 18.2. The minimum Gasteiger partial charge on any atom is -0.503 e. The Bertz CT molecular complexity index is 1570. The van der Waals surface area contributed by atoms with Gasteiger partial charge in [-0.15, -0.1) is 0 Å². The SMILES string of the molecule is C=CC(=CC=CC)N(c1ccc(-c2cc(F)c(C#Cc3c(O)c(=O)c3=O)c(F)c2)cc1)C(C)C=CC=CC. The summed E-state index contributed by atoms with van der Waals surface area (Å²) in [7, 11) is 0. The first kappa shape index (κ1) is 27.8.